The smallest absolute Gasteiger partial charge is 0.185 e. The van der Waals surface area contributed by atoms with Gasteiger partial charge in [0, 0.05) is 12.0 Å². The molecule has 0 N–H and O–H groups in total. The van der Waals surface area contributed by atoms with Crippen molar-refractivity contribution < 1.29 is 9.84 Å². The standard InChI is InChI=1S/C9H9O2/c1-6-4-8(10)7-2-3-11-9(7)5-6/h4-5H,2-3H2,1H3. The van der Waals surface area contributed by atoms with Gasteiger partial charge in [0.15, 0.2) is 5.75 Å². The van der Waals surface area contributed by atoms with Gasteiger partial charge in [0.05, 0.1) is 6.61 Å². The first kappa shape index (κ1) is 6.53. The first-order valence-electron chi connectivity index (χ1n) is 3.71. The molecule has 2 rings (SSSR count). The van der Waals surface area contributed by atoms with Crippen LogP contribution in [0.3, 0.4) is 0 Å². The maximum Gasteiger partial charge on any atom is 0.185 e. The molecule has 2 heteroatoms. The number of fused-ring (bicyclic) bond motifs is 1. The summed E-state index contributed by atoms with van der Waals surface area (Å²) in [5.74, 6) is 0.910. The van der Waals surface area contributed by atoms with E-state index in [1.165, 1.54) is 0 Å². The zero-order chi connectivity index (χ0) is 7.84. The van der Waals surface area contributed by atoms with Gasteiger partial charge in [-0.15, -0.1) is 0 Å². The molecule has 1 aliphatic heterocycles. The molecule has 11 heavy (non-hydrogen) atoms. The molecule has 1 heterocycles. The highest BCUT2D eigenvalue weighted by Gasteiger charge is 2.17. The molecule has 1 aromatic carbocycles. The lowest BCUT2D eigenvalue weighted by molar-refractivity contribution is 0.350. The number of hydrogen-bond acceptors (Lipinski definition) is 1. The molecular formula is C9H9O2. The summed E-state index contributed by atoms with van der Waals surface area (Å²) in [4.78, 5) is 0. The zero-order valence-corrected chi connectivity index (χ0v) is 6.39. The van der Waals surface area contributed by atoms with Crippen LogP contribution in [0, 0.1) is 6.92 Å². The van der Waals surface area contributed by atoms with Gasteiger partial charge < -0.3 is 4.74 Å². The number of benzene rings is 1. The number of rotatable bonds is 0. The highest BCUT2D eigenvalue weighted by molar-refractivity contribution is 5.48. The van der Waals surface area contributed by atoms with Gasteiger partial charge in [-0.1, -0.05) is 0 Å². The van der Waals surface area contributed by atoms with Crippen molar-refractivity contribution in [1.29, 1.82) is 0 Å². The van der Waals surface area contributed by atoms with Gasteiger partial charge in [0.25, 0.3) is 0 Å². The predicted octanol–water partition coefficient (Wildman–Crippen LogP) is 2.07. The Kier molecular flexibility index (Phi) is 1.28. The van der Waals surface area contributed by atoms with E-state index in [2.05, 4.69) is 0 Å². The average molecular weight is 149 g/mol. The van der Waals surface area contributed by atoms with E-state index >= 15 is 0 Å². The molecule has 0 atom stereocenters. The van der Waals surface area contributed by atoms with E-state index in [1.54, 1.807) is 6.07 Å². The van der Waals surface area contributed by atoms with Gasteiger partial charge in [-0.3, -0.25) is 5.11 Å². The van der Waals surface area contributed by atoms with Crippen LogP contribution in [0.25, 0.3) is 0 Å². The summed E-state index contributed by atoms with van der Waals surface area (Å²) >= 11 is 0. The van der Waals surface area contributed by atoms with Gasteiger partial charge in [0.1, 0.15) is 5.75 Å². The fourth-order valence-electron chi connectivity index (χ4n) is 1.39. The maximum absolute atomic E-state index is 11.3. The number of hydrogen-bond donors (Lipinski definition) is 0. The summed E-state index contributed by atoms with van der Waals surface area (Å²) in [5, 5.41) is 11.3. The van der Waals surface area contributed by atoms with Gasteiger partial charge in [-0.2, -0.15) is 0 Å². The Morgan fingerprint density at radius 2 is 2.27 bits per heavy atom. The predicted molar refractivity (Wildman–Crippen MR) is 40.5 cm³/mol. The number of aryl methyl sites for hydroxylation is 1. The second-order valence-corrected chi connectivity index (χ2v) is 2.84. The summed E-state index contributed by atoms with van der Waals surface area (Å²) in [6.45, 7) is 2.57. The molecule has 0 aromatic heterocycles. The molecule has 57 valence electrons. The van der Waals surface area contributed by atoms with Gasteiger partial charge in [-0.25, -0.2) is 0 Å². The molecule has 0 fully saturated rings. The van der Waals surface area contributed by atoms with Crippen molar-refractivity contribution in [3.8, 4) is 11.5 Å². The Hall–Kier alpha value is -1.18. The van der Waals surface area contributed by atoms with Crippen LogP contribution in [0.15, 0.2) is 12.1 Å². The summed E-state index contributed by atoms with van der Waals surface area (Å²) < 4.78 is 5.26. The normalized spacial score (nSPS) is 14.3. The lowest BCUT2D eigenvalue weighted by atomic mass is 10.1. The fourth-order valence-corrected chi connectivity index (χ4v) is 1.39. The Morgan fingerprint density at radius 1 is 1.45 bits per heavy atom. The molecule has 0 amide bonds. The molecule has 0 bridgehead atoms. The van der Waals surface area contributed by atoms with E-state index in [-0.39, 0.29) is 5.75 Å². The minimum atomic E-state index is 0.123. The van der Waals surface area contributed by atoms with Crippen molar-refractivity contribution >= 4 is 0 Å². The van der Waals surface area contributed by atoms with Crippen molar-refractivity contribution in [3.05, 3.63) is 23.3 Å². The van der Waals surface area contributed by atoms with Crippen LogP contribution < -0.4 is 4.74 Å². The van der Waals surface area contributed by atoms with Crippen LogP contribution in [0.1, 0.15) is 11.1 Å². The van der Waals surface area contributed by atoms with Crippen molar-refractivity contribution in [3.63, 3.8) is 0 Å². The molecule has 0 saturated carbocycles. The molecular weight excluding hydrogens is 140 g/mol. The summed E-state index contributed by atoms with van der Waals surface area (Å²) in [5.41, 5.74) is 1.83. The Bertz CT molecular complexity index is 292. The zero-order valence-electron chi connectivity index (χ0n) is 6.39. The van der Waals surface area contributed by atoms with E-state index in [1.807, 2.05) is 13.0 Å². The Balaban J connectivity index is 2.60. The van der Waals surface area contributed by atoms with E-state index < -0.39 is 0 Å². The minimum absolute atomic E-state index is 0.123. The molecule has 1 radical (unpaired) electrons. The van der Waals surface area contributed by atoms with Gasteiger partial charge >= 0.3 is 0 Å². The lowest BCUT2D eigenvalue weighted by Crippen LogP contribution is -1.86. The summed E-state index contributed by atoms with van der Waals surface area (Å²) in [6, 6.07) is 3.58. The molecule has 1 aromatic rings. The van der Waals surface area contributed by atoms with Crippen molar-refractivity contribution in [2.24, 2.45) is 0 Å². The van der Waals surface area contributed by atoms with Crippen molar-refractivity contribution in [2.45, 2.75) is 13.3 Å². The van der Waals surface area contributed by atoms with Gasteiger partial charge in [0.2, 0.25) is 0 Å². The third kappa shape index (κ3) is 0.946. The van der Waals surface area contributed by atoms with Gasteiger partial charge in [-0.05, 0) is 24.6 Å². The first-order valence-corrected chi connectivity index (χ1v) is 3.71. The Morgan fingerprint density at radius 3 is 3.09 bits per heavy atom. The van der Waals surface area contributed by atoms with Crippen LogP contribution in [0.2, 0.25) is 0 Å². The van der Waals surface area contributed by atoms with E-state index in [0.29, 0.717) is 6.61 Å². The molecule has 0 aliphatic carbocycles. The molecule has 1 aliphatic rings. The van der Waals surface area contributed by atoms with Crippen LogP contribution in [-0.2, 0) is 11.5 Å². The SMILES string of the molecule is Cc1cc([O])c2c(c1)OCC2. The highest BCUT2D eigenvalue weighted by Crippen LogP contribution is 2.34. The van der Waals surface area contributed by atoms with Crippen LogP contribution in [-0.4, -0.2) is 6.61 Å². The first-order chi connectivity index (χ1) is 5.27. The minimum Gasteiger partial charge on any atom is -0.493 e. The second kappa shape index (κ2) is 2.16. The van der Waals surface area contributed by atoms with Crippen molar-refractivity contribution in [2.75, 3.05) is 6.61 Å². The second-order valence-electron chi connectivity index (χ2n) is 2.84. The van der Waals surface area contributed by atoms with Crippen LogP contribution in [0.4, 0.5) is 0 Å². The highest BCUT2D eigenvalue weighted by atomic mass is 16.5. The molecule has 2 nitrogen and oxygen atoms in total. The fraction of sp³-hybridized carbons (Fsp3) is 0.333. The third-order valence-corrected chi connectivity index (χ3v) is 1.92. The summed E-state index contributed by atoms with van der Waals surface area (Å²) in [6.07, 6.45) is 0.772. The third-order valence-electron chi connectivity index (χ3n) is 1.92. The average Bonchev–Trinajstić information content (AvgIpc) is 2.34. The van der Waals surface area contributed by atoms with E-state index in [4.69, 9.17) is 4.74 Å². The van der Waals surface area contributed by atoms with E-state index in [9.17, 15) is 5.11 Å². The number of ether oxygens (including phenoxy) is 1. The quantitative estimate of drug-likeness (QED) is 0.555. The molecule has 0 saturated heterocycles. The monoisotopic (exact) mass is 149 g/mol. The van der Waals surface area contributed by atoms with Crippen LogP contribution >= 0.6 is 0 Å². The topological polar surface area (TPSA) is 29.1 Å². The largest absolute Gasteiger partial charge is 0.493 e. The summed E-state index contributed by atoms with van der Waals surface area (Å²) in [7, 11) is 0. The Labute approximate surface area is 65.4 Å². The van der Waals surface area contributed by atoms with Crippen LogP contribution in [0.5, 0.6) is 11.5 Å². The molecule has 0 spiro atoms. The molecule has 0 unspecified atom stereocenters. The lowest BCUT2D eigenvalue weighted by Gasteiger charge is -1.99. The van der Waals surface area contributed by atoms with Crippen molar-refractivity contribution in [1.82, 2.24) is 0 Å². The van der Waals surface area contributed by atoms with E-state index in [0.717, 1.165) is 23.3 Å². The maximum atomic E-state index is 11.3.